The van der Waals surface area contributed by atoms with Gasteiger partial charge in [-0.1, -0.05) is 24.3 Å². The second-order valence-corrected chi connectivity index (χ2v) is 5.89. The Morgan fingerprint density at radius 3 is 2.15 bits per heavy atom. The molecule has 20 heavy (non-hydrogen) atoms. The molecular weight excluding hydrogens is 254 g/mol. The van der Waals surface area contributed by atoms with Gasteiger partial charge in [-0.2, -0.15) is 0 Å². The third-order valence-corrected chi connectivity index (χ3v) is 2.49. The van der Waals surface area contributed by atoms with Crippen LogP contribution in [-0.2, 0) is 27.3 Å². The zero-order chi connectivity index (χ0) is 15.2. The Labute approximate surface area is 120 Å². The number of hydrogen-bond donors (Lipinski definition) is 1. The minimum Gasteiger partial charge on any atom is -0.459 e. The molecule has 1 aromatic rings. The molecule has 0 heterocycles. The predicted molar refractivity (Wildman–Crippen MR) is 78.4 cm³/mol. The van der Waals surface area contributed by atoms with Crippen molar-refractivity contribution in [1.82, 2.24) is 5.32 Å². The van der Waals surface area contributed by atoms with E-state index in [0.29, 0.717) is 13.0 Å². The van der Waals surface area contributed by atoms with E-state index in [1.165, 1.54) is 0 Å². The Hall–Kier alpha value is -1.68. The van der Waals surface area contributed by atoms with Crippen LogP contribution in [0.3, 0.4) is 0 Å². The van der Waals surface area contributed by atoms with E-state index in [-0.39, 0.29) is 18.3 Å². The quantitative estimate of drug-likeness (QED) is 0.810. The maximum atomic E-state index is 11.5. The summed E-state index contributed by atoms with van der Waals surface area (Å²) in [5.74, 6) is -0.105. The second-order valence-electron chi connectivity index (χ2n) is 5.89. The summed E-state index contributed by atoms with van der Waals surface area (Å²) in [6, 6.07) is 7.79. The Bertz CT molecular complexity index is 458. The number of esters is 1. The SMILES string of the molecule is CC(=O)Cc1ccc(CNCC(=O)OC(C)(C)C)cc1. The van der Waals surface area contributed by atoms with E-state index in [0.717, 1.165) is 11.1 Å². The van der Waals surface area contributed by atoms with Crippen molar-refractivity contribution in [2.24, 2.45) is 0 Å². The average Bonchev–Trinajstić information content (AvgIpc) is 2.28. The third kappa shape index (κ3) is 7.04. The number of hydrogen-bond acceptors (Lipinski definition) is 4. The molecule has 4 nitrogen and oxygen atoms in total. The molecule has 1 aromatic carbocycles. The van der Waals surface area contributed by atoms with Gasteiger partial charge in [0.05, 0.1) is 6.54 Å². The Morgan fingerprint density at radius 1 is 1.10 bits per heavy atom. The van der Waals surface area contributed by atoms with Crippen molar-refractivity contribution < 1.29 is 14.3 Å². The smallest absolute Gasteiger partial charge is 0.320 e. The molecule has 0 aliphatic carbocycles. The molecule has 1 rings (SSSR count). The van der Waals surface area contributed by atoms with Crippen LogP contribution in [0.4, 0.5) is 0 Å². The average molecular weight is 277 g/mol. The molecule has 0 radical (unpaired) electrons. The van der Waals surface area contributed by atoms with Crippen LogP contribution in [0.15, 0.2) is 24.3 Å². The van der Waals surface area contributed by atoms with E-state index < -0.39 is 5.60 Å². The highest BCUT2D eigenvalue weighted by Crippen LogP contribution is 2.07. The van der Waals surface area contributed by atoms with E-state index in [1.54, 1.807) is 6.92 Å². The fourth-order valence-electron chi connectivity index (χ4n) is 1.75. The summed E-state index contributed by atoms with van der Waals surface area (Å²) in [5.41, 5.74) is 1.63. The molecule has 0 aliphatic heterocycles. The Morgan fingerprint density at radius 2 is 1.65 bits per heavy atom. The van der Waals surface area contributed by atoms with E-state index in [9.17, 15) is 9.59 Å². The lowest BCUT2D eigenvalue weighted by atomic mass is 10.1. The highest BCUT2D eigenvalue weighted by atomic mass is 16.6. The Balaban J connectivity index is 2.35. The number of carbonyl (C=O) groups excluding carboxylic acids is 2. The number of rotatable bonds is 6. The van der Waals surface area contributed by atoms with Gasteiger partial charge in [0.1, 0.15) is 11.4 Å². The van der Waals surface area contributed by atoms with E-state index >= 15 is 0 Å². The zero-order valence-corrected chi connectivity index (χ0v) is 12.7. The first kappa shape index (κ1) is 16.4. The van der Waals surface area contributed by atoms with Crippen molar-refractivity contribution in [3.8, 4) is 0 Å². The molecule has 0 saturated heterocycles. The van der Waals surface area contributed by atoms with E-state index in [2.05, 4.69) is 5.32 Å². The lowest BCUT2D eigenvalue weighted by Gasteiger charge is -2.19. The first-order valence-electron chi connectivity index (χ1n) is 6.76. The highest BCUT2D eigenvalue weighted by Gasteiger charge is 2.15. The molecule has 0 unspecified atom stereocenters. The number of ketones is 1. The fourth-order valence-corrected chi connectivity index (χ4v) is 1.75. The molecule has 4 heteroatoms. The first-order valence-corrected chi connectivity index (χ1v) is 6.76. The number of nitrogens with one attached hydrogen (secondary N) is 1. The van der Waals surface area contributed by atoms with Gasteiger partial charge in [0.25, 0.3) is 0 Å². The molecule has 0 aromatic heterocycles. The summed E-state index contributed by atoms with van der Waals surface area (Å²) >= 11 is 0. The fraction of sp³-hybridized carbons (Fsp3) is 0.500. The molecule has 0 fully saturated rings. The molecule has 1 N–H and O–H groups in total. The van der Waals surface area contributed by atoms with Crippen molar-refractivity contribution in [2.45, 2.75) is 46.3 Å². The van der Waals surface area contributed by atoms with Crippen molar-refractivity contribution in [2.75, 3.05) is 6.54 Å². The van der Waals surface area contributed by atoms with Gasteiger partial charge < -0.3 is 10.1 Å². The number of Topliss-reactive ketones (excluding diaryl/α,β-unsaturated/α-hetero) is 1. The minimum atomic E-state index is -0.451. The Kier molecular flexibility index (Phi) is 5.89. The van der Waals surface area contributed by atoms with Crippen LogP contribution in [0.5, 0.6) is 0 Å². The molecule has 0 saturated carbocycles. The summed E-state index contributed by atoms with van der Waals surface area (Å²) in [7, 11) is 0. The largest absolute Gasteiger partial charge is 0.459 e. The minimum absolute atomic E-state index is 0.154. The topological polar surface area (TPSA) is 55.4 Å². The standard InChI is InChI=1S/C16H23NO3/c1-12(18)9-13-5-7-14(8-6-13)10-17-11-15(19)20-16(2,3)4/h5-8,17H,9-11H2,1-4H3. The summed E-state index contributed by atoms with van der Waals surface area (Å²) in [4.78, 5) is 22.5. The van der Waals surface area contributed by atoms with Gasteiger partial charge in [-0.05, 0) is 38.8 Å². The van der Waals surface area contributed by atoms with Gasteiger partial charge in [0.2, 0.25) is 0 Å². The maximum absolute atomic E-state index is 11.5. The highest BCUT2D eigenvalue weighted by molar-refractivity contribution is 5.78. The van der Waals surface area contributed by atoms with E-state index in [4.69, 9.17) is 4.74 Å². The molecule has 110 valence electrons. The maximum Gasteiger partial charge on any atom is 0.320 e. The van der Waals surface area contributed by atoms with E-state index in [1.807, 2.05) is 45.0 Å². The second kappa shape index (κ2) is 7.20. The van der Waals surface area contributed by atoms with Crippen LogP contribution in [-0.4, -0.2) is 23.9 Å². The van der Waals surface area contributed by atoms with Crippen LogP contribution in [0.2, 0.25) is 0 Å². The normalized spacial score (nSPS) is 11.2. The molecular formula is C16H23NO3. The lowest BCUT2D eigenvalue weighted by molar-refractivity contribution is -0.153. The van der Waals surface area contributed by atoms with Crippen molar-refractivity contribution >= 4 is 11.8 Å². The molecule has 0 spiro atoms. The van der Waals surface area contributed by atoms with Gasteiger partial charge in [-0.15, -0.1) is 0 Å². The molecule has 0 bridgehead atoms. The number of ether oxygens (including phenoxy) is 1. The summed E-state index contributed by atoms with van der Waals surface area (Å²) in [5, 5.41) is 3.04. The third-order valence-electron chi connectivity index (χ3n) is 2.49. The van der Waals surface area contributed by atoms with Crippen molar-refractivity contribution in [3.63, 3.8) is 0 Å². The summed E-state index contributed by atoms with van der Waals surface area (Å²) in [6.07, 6.45) is 0.464. The van der Waals surface area contributed by atoms with Crippen molar-refractivity contribution in [3.05, 3.63) is 35.4 Å². The number of carbonyl (C=O) groups is 2. The van der Waals surface area contributed by atoms with Crippen LogP contribution in [0.25, 0.3) is 0 Å². The van der Waals surface area contributed by atoms with Crippen LogP contribution in [0, 0.1) is 0 Å². The van der Waals surface area contributed by atoms with Gasteiger partial charge in [0.15, 0.2) is 0 Å². The molecule has 0 aliphatic rings. The van der Waals surface area contributed by atoms with Crippen LogP contribution >= 0.6 is 0 Å². The molecule has 0 atom stereocenters. The number of benzene rings is 1. The van der Waals surface area contributed by atoms with Gasteiger partial charge in [0, 0.05) is 13.0 Å². The lowest BCUT2D eigenvalue weighted by Crippen LogP contribution is -2.31. The van der Waals surface area contributed by atoms with Gasteiger partial charge in [-0.3, -0.25) is 9.59 Å². The zero-order valence-electron chi connectivity index (χ0n) is 12.7. The summed E-state index contributed by atoms with van der Waals surface area (Å²) < 4.78 is 5.20. The first-order chi connectivity index (χ1) is 9.26. The monoisotopic (exact) mass is 277 g/mol. The predicted octanol–water partition coefficient (Wildman–Crippen LogP) is 2.25. The van der Waals surface area contributed by atoms with Gasteiger partial charge in [-0.25, -0.2) is 0 Å². The van der Waals surface area contributed by atoms with Gasteiger partial charge >= 0.3 is 5.97 Å². The summed E-state index contributed by atoms with van der Waals surface area (Å²) in [6.45, 7) is 7.90. The molecule has 0 amide bonds. The van der Waals surface area contributed by atoms with Crippen LogP contribution in [0.1, 0.15) is 38.8 Å². The van der Waals surface area contributed by atoms with Crippen molar-refractivity contribution in [1.29, 1.82) is 0 Å². The van der Waals surface area contributed by atoms with Crippen LogP contribution < -0.4 is 5.32 Å².